The summed E-state index contributed by atoms with van der Waals surface area (Å²) in [6.07, 6.45) is 4.95. The van der Waals surface area contributed by atoms with E-state index in [0.29, 0.717) is 6.54 Å². The summed E-state index contributed by atoms with van der Waals surface area (Å²) in [6.45, 7) is 4.57. The molecule has 1 atom stereocenters. The number of carbonyl (C=O) groups excluding carboxylic acids is 1. The average Bonchev–Trinajstić information content (AvgIpc) is 2.29. The number of amides is 1. The maximum absolute atomic E-state index is 11.7. The fourth-order valence-corrected chi connectivity index (χ4v) is 2.40. The van der Waals surface area contributed by atoms with Crippen LogP contribution in [0.5, 0.6) is 0 Å². The smallest absolute Gasteiger partial charge is 0.251 e. The highest BCUT2D eigenvalue weighted by Gasteiger charge is 2.45. The van der Waals surface area contributed by atoms with E-state index in [4.69, 9.17) is 0 Å². The average molecular weight is 195 g/mol. The molecule has 0 aliphatic carbocycles. The zero-order chi connectivity index (χ0) is 9.64. The molecular formula is C10H13NOS. The third-order valence-electron chi connectivity index (χ3n) is 3.03. The zero-order valence-electron chi connectivity index (χ0n) is 7.87. The molecule has 0 aromatic heterocycles. The van der Waals surface area contributed by atoms with E-state index in [-0.39, 0.29) is 10.8 Å². The first kappa shape index (κ1) is 8.88. The van der Waals surface area contributed by atoms with E-state index in [1.807, 2.05) is 24.8 Å². The number of rotatable bonds is 0. The lowest BCUT2D eigenvalue weighted by atomic mass is 10.0. The summed E-state index contributed by atoms with van der Waals surface area (Å²) in [5.74, 6) is 0.136. The minimum atomic E-state index is -0.337. The van der Waals surface area contributed by atoms with Gasteiger partial charge in [0.1, 0.15) is 4.87 Å². The summed E-state index contributed by atoms with van der Waals surface area (Å²) >= 11 is 4.62. The fraction of sp³-hybridized carbons (Fsp3) is 0.500. The standard InChI is InChI=1S/C10H13NOS/c1-7-8(2)10(13)5-3-4-6-11(10)9(7)12/h3-4,13H,5-6H2,1-2H3. The predicted molar refractivity (Wildman–Crippen MR) is 55.6 cm³/mol. The molecule has 0 aromatic rings. The SMILES string of the molecule is CC1=C(C)C2(S)CC=CCN2C1=O. The number of carbonyl (C=O) groups is 1. The zero-order valence-corrected chi connectivity index (χ0v) is 8.77. The molecule has 1 unspecified atom stereocenters. The van der Waals surface area contributed by atoms with E-state index in [1.54, 1.807) is 0 Å². The molecule has 13 heavy (non-hydrogen) atoms. The second-order valence-corrected chi connectivity index (χ2v) is 4.40. The van der Waals surface area contributed by atoms with Crippen molar-refractivity contribution >= 4 is 18.5 Å². The topological polar surface area (TPSA) is 20.3 Å². The normalized spacial score (nSPS) is 32.8. The number of hydrogen-bond donors (Lipinski definition) is 1. The van der Waals surface area contributed by atoms with Crippen LogP contribution < -0.4 is 0 Å². The van der Waals surface area contributed by atoms with Crippen LogP contribution in [0, 0.1) is 0 Å². The van der Waals surface area contributed by atoms with Crippen LogP contribution in [-0.4, -0.2) is 22.2 Å². The van der Waals surface area contributed by atoms with Crippen molar-refractivity contribution < 1.29 is 4.79 Å². The maximum Gasteiger partial charge on any atom is 0.251 e. The molecule has 1 amide bonds. The number of thiol groups is 1. The summed E-state index contributed by atoms with van der Waals surface area (Å²) in [7, 11) is 0. The van der Waals surface area contributed by atoms with Gasteiger partial charge in [-0.3, -0.25) is 4.79 Å². The van der Waals surface area contributed by atoms with Gasteiger partial charge in [0, 0.05) is 18.5 Å². The lowest BCUT2D eigenvalue weighted by molar-refractivity contribution is -0.127. The van der Waals surface area contributed by atoms with Crippen molar-refractivity contribution in [1.82, 2.24) is 4.90 Å². The van der Waals surface area contributed by atoms with Gasteiger partial charge in [-0.25, -0.2) is 0 Å². The van der Waals surface area contributed by atoms with Gasteiger partial charge < -0.3 is 4.90 Å². The Hall–Kier alpha value is -0.700. The Morgan fingerprint density at radius 3 is 2.77 bits per heavy atom. The third kappa shape index (κ3) is 0.998. The second kappa shape index (κ2) is 2.64. The van der Waals surface area contributed by atoms with E-state index < -0.39 is 0 Å². The van der Waals surface area contributed by atoms with Crippen LogP contribution in [0.4, 0.5) is 0 Å². The molecule has 0 saturated heterocycles. The molecular weight excluding hydrogens is 182 g/mol. The van der Waals surface area contributed by atoms with E-state index >= 15 is 0 Å². The van der Waals surface area contributed by atoms with Gasteiger partial charge in [0.05, 0.1) is 0 Å². The van der Waals surface area contributed by atoms with Gasteiger partial charge in [-0.15, -0.1) is 12.6 Å². The number of fused-ring (bicyclic) bond motifs is 1. The highest BCUT2D eigenvalue weighted by molar-refractivity contribution is 7.82. The highest BCUT2D eigenvalue weighted by atomic mass is 32.1. The van der Waals surface area contributed by atoms with Crippen LogP contribution in [0.15, 0.2) is 23.3 Å². The minimum Gasteiger partial charge on any atom is -0.317 e. The largest absolute Gasteiger partial charge is 0.317 e. The van der Waals surface area contributed by atoms with E-state index in [2.05, 4.69) is 18.7 Å². The molecule has 0 saturated carbocycles. The van der Waals surface area contributed by atoms with E-state index in [9.17, 15) is 4.79 Å². The Labute approximate surface area is 83.7 Å². The summed E-state index contributed by atoms with van der Waals surface area (Å²) in [5, 5.41) is 0. The lowest BCUT2D eigenvalue weighted by Crippen LogP contribution is -2.45. The third-order valence-corrected chi connectivity index (χ3v) is 3.79. The van der Waals surface area contributed by atoms with Gasteiger partial charge in [0.15, 0.2) is 0 Å². The molecule has 2 heterocycles. The summed E-state index contributed by atoms with van der Waals surface area (Å²) in [4.78, 5) is 13.2. The predicted octanol–water partition coefficient (Wildman–Crippen LogP) is 1.75. The van der Waals surface area contributed by atoms with Gasteiger partial charge in [-0.1, -0.05) is 12.2 Å². The summed E-state index contributed by atoms with van der Waals surface area (Å²) < 4.78 is 0. The molecule has 3 heteroatoms. The molecule has 2 aliphatic rings. The Morgan fingerprint density at radius 2 is 2.15 bits per heavy atom. The molecule has 0 aromatic carbocycles. The van der Waals surface area contributed by atoms with Crippen molar-refractivity contribution in [3.63, 3.8) is 0 Å². The van der Waals surface area contributed by atoms with Crippen molar-refractivity contribution in [1.29, 1.82) is 0 Å². The number of nitrogens with zero attached hydrogens (tertiary/aromatic N) is 1. The van der Waals surface area contributed by atoms with Gasteiger partial charge >= 0.3 is 0 Å². The van der Waals surface area contributed by atoms with Crippen LogP contribution in [0.3, 0.4) is 0 Å². The number of hydrogen-bond acceptors (Lipinski definition) is 2. The van der Waals surface area contributed by atoms with Gasteiger partial charge in [0.2, 0.25) is 0 Å². The molecule has 0 fully saturated rings. The molecule has 2 rings (SSSR count). The Morgan fingerprint density at radius 1 is 1.46 bits per heavy atom. The van der Waals surface area contributed by atoms with Crippen molar-refractivity contribution in [2.24, 2.45) is 0 Å². The first-order chi connectivity index (χ1) is 6.07. The molecule has 0 N–H and O–H groups in total. The van der Waals surface area contributed by atoms with E-state index in [1.165, 1.54) is 0 Å². The van der Waals surface area contributed by atoms with Crippen molar-refractivity contribution in [3.05, 3.63) is 23.3 Å². The molecule has 0 radical (unpaired) electrons. The van der Waals surface area contributed by atoms with Crippen LogP contribution >= 0.6 is 12.6 Å². The second-order valence-electron chi connectivity index (χ2n) is 3.66. The quantitative estimate of drug-likeness (QED) is 0.461. The molecule has 0 bridgehead atoms. The van der Waals surface area contributed by atoms with Crippen LogP contribution in [0.2, 0.25) is 0 Å². The van der Waals surface area contributed by atoms with Gasteiger partial charge in [0.25, 0.3) is 5.91 Å². The van der Waals surface area contributed by atoms with E-state index in [0.717, 1.165) is 17.6 Å². The fourth-order valence-electron chi connectivity index (χ4n) is 1.96. The first-order valence-electron chi connectivity index (χ1n) is 4.44. The van der Waals surface area contributed by atoms with Crippen LogP contribution in [-0.2, 0) is 4.79 Å². The van der Waals surface area contributed by atoms with Crippen molar-refractivity contribution in [2.75, 3.05) is 6.54 Å². The first-order valence-corrected chi connectivity index (χ1v) is 4.89. The molecule has 2 aliphatic heterocycles. The van der Waals surface area contributed by atoms with Crippen molar-refractivity contribution in [2.45, 2.75) is 25.1 Å². The Balaban J connectivity index is 2.49. The van der Waals surface area contributed by atoms with Crippen molar-refractivity contribution in [3.8, 4) is 0 Å². The van der Waals surface area contributed by atoms with Gasteiger partial charge in [-0.2, -0.15) is 0 Å². The summed E-state index contributed by atoms with van der Waals surface area (Å²) in [6, 6.07) is 0. The van der Waals surface area contributed by atoms with Crippen LogP contribution in [0.1, 0.15) is 20.3 Å². The minimum absolute atomic E-state index is 0.136. The molecule has 0 spiro atoms. The van der Waals surface area contributed by atoms with Gasteiger partial charge in [-0.05, 0) is 19.4 Å². The summed E-state index contributed by atoms with van der Waals surface area (Å²) in [5.41, 5.74) is 1.96. The molecule has 70 valence electrons. The maximum atomic E-state index is 11.7. The Kier molecular flexibility index (Phi) is 1.80. The molecule has 2 nitrogen and oxygen atoms in total. The monoisotopic (exact) mass is 195 g/mol. The highest BCUT2D eigenvalue weighted by Crippen LogP contribution is 2.42. The van der Waals surface area contributed by atoms with Crippen LogP contribution in [0.25, 0.3) is 0 Å². The Bertz CT molecular complexity index is 332. The lowest BCUT2D eigenvalue weighted by Gasteiger charge is -2.37.